The molecule has 0 saturated carbocycles. The molecule has 0 atom stereocenters. The van der Waals surface area contributed by atoms with E-state index >= 15 is 0 Å². The molecule has 0 unspecified atom stereocenters. The number of piperidine rings is 1. The SMILES string of the molecule is COc1ccc(N2CCN(CCCN3C(=O)CCCC3=O)CC2)cc1.Cl. The van der Waals surface area contributed by atoms with E-state index in [1.165, 1.54) is 10.6 Å². The maximum Gasteiger partial charge on any atom is 0.229 e. The molecule has 0 N–H and O–H groups in total. The largest absolute Gasteiger partial charge is 0.497 e. The van der Waals surface area contributed by atoms with Crippen LogP contribution in [0, 0.1) is 0 Å². The maximum atomic E-state index is 11.8. The Morgan fingerprint density at radius 1 is 0.923 bits per heavy atom. The molecular formula is C19H28ClN3O3. The molecular weight excluding hydrogens is 354 g/mol. The average Bonchev–Trinajstić information content (AvgIpc) is 2.65. The topological polar surface area (TPSA) is 53.1 Å². The first-order valence-corrected chi connectivity index (χ1v) is 9.12. The second-order valence-corrected chi connectivity index (χ2v) is 6.67. The first-order valence-electron chi connectivity index (χ1n) is 9.12. The normalized spacial score (nSPS) is 18.7. The molecule has 2 heterocycles. The number of anilines is 1. The number of halogens is 1. The van der Waals surface area contributed by atoms with Crippen molar-refractivity contribution < 1.29 is 14.3 Å². The number of amides is 2. The zero-order valence-electron chi connectivity index (χ0n) is 15.4. The van der Waals surface area contributed by atoms with Gasteiger partial charge in [-0.15, -0.1) is 12.4 Å². The van der Waals surface area contributed by atoms with Gasteiger partial charge in [0.15, 0.2) is 0 Å². The van der Waals surface area contributed by atoms with Gasteiger partial charge >= 0.3 is 0 Å². The molecule has 3 rings (SSSR count). The van der Waals surface area contributed by atoms with Crippen molar-refractivity contribution in [2.45, 2.75) is 25.7 Å². The van der Waals surface area contributed by atoms with Crippen LogP contribution >= 0.6 is 12.4 Å². The van der Waals surface area contributed by atoms with Crippen molar-refractivity contribution in [1.29, 1.82) is 0 Å². The summed E-state index contributed by atoms with van der Waals surface area (Å²) in [4.78, 5) is 29.9. The number of carbonyl (C=O) groups excluding carboxylic acids is 2. The number of carbonyl (C=O) groups is 2. The lowest BCUT2D eigenvalue weighted by Gasteiger charge is -2.36. The third kappa shape index (κ3) is 5.11. The van der Waals surface area contributed by atoms with E-state index in [-0.39, 0.29) is 24.2 Å². The summed E-state index contributed by atoms with van der Waals surface area (Å²) in [6.07, 6.45) is 2.61. The Hall–Kier alpha value is -1.79. The molecule has 144 valence electrons. The average molecular weight is 382 g/mol. The molecule has 1 aromatic carbocycles. The van der Waals surface area contributed by atoms with Crippen LogP contribution in [-0.2, 0) is 9.59 Å². The molecule has 0 aliphatic carbocycles. The van der Waals surface area contributed by atoms with Crippen molar-refractivity contribution in [2.24, 2.45) is 0 Å². The smallest absolute Gasteiger partial charge is 0.229 e. The van der Waals surface area contributed by atoms with Crippen molar-refractivity contribution in [3.05, 3.63) is 24.3 Å². The lowest BCUT2D eigenvalue weighted by molar-refractivity contribution is -0.148. The molecule has 2 aliphatic heterocycles. The third-order valence-electron chi connectivity index (χ3n) is 5.05. The van der Waals surface area contributed by atoms with Gasteiger partial charge in [-0.1, -0.05) is 0 Å². The number of nitrogens with zero attached hydrogens (tertiary/aromatic N) is 3. The second kappa shape index (κ2) is 9.78. The minimum absolute atomic E-state index is 0. The Kier molecular flexibility index (Phi) is 7.72. The number of hydrogen-bond donors (Lipinski definition) is 0. The maximum absolute atomic E-state index is 11.8. The Balaban J connectivity index is 0.00000243. The summed E-state index contributed by atoms with van der Waals surface area (Å²) < 4.78 is 5.20. The highest BCUT2D eigenvalue weighted by Crippen LogP contribution is 2.20. The molecule has 0 bridgehead atoms. The van der Waals surface area contributed by atoms with E-state index in [0.717, 1.165) is 44.9 Å². The van der Waals surface area contributed by atoms with Crippen molar-refractivity contribution in [3.8, 4) is 5.75 Å². The van der Waals surface area contributed by atoms with Crippen LogP contribution in [0.1, 0.15) is 25.7 Å². The zero-order valence-corrected chi connectivity index (χ0v) is 16.2. The molecule has 6 nitrogen and oxygen atoms in total. The summed E-state index contributed by atoms with van der Waals surface area (Å²) in [5.74, 6) is 0.880. The molecule has 2 aliphatic rings. The lowest BCUT2D eigenvalue weighted by atomic mass is 10.1. The standard InChI is InChI=1S/C19H27N3O3.ClH/c1-25-17-8-6-16(7-9-17)21-14-12-20(13-15-21)10-3-11-22-18(23)4-2-5-19(22)24;/h6-9H,2-5,10-15H2,1H3;1H. The van der Waals surface area contributed by atoms with Gasteiger partial charge in [-0.05, 0) is 43.7 Å². The molecule has 1 aromatic rings. The number of likely N-dealkylation sites (tertiary alicyclic amines) is 1. The fourth-order valence-electron chi connectivity index (χ4n) is 3.52. The number of ether oxygens (including phenoxy) is 1. The van der Waals surface area contributed by atoms with Gasteiger partial charge in [0.25, 0.3) is 0 Å². The van der Waals surface area contributed by atoms with Gasteiger partial charge < -0.3 is 9.64 Å². The highest BCUT2D eigenvalue weighted by atomic mass is 35.5. The van der Waals surface area contributed by atoms with E-state index < -0.39 is 0 Å². The van der Waals surface area contributed by atoms with Crippen molar-refractivity contribution in [2.75, 3.05) is 51.3 Å². The predicted molar refractivity (Wildman–Crippen MR) is 104 cm³/mol. The van der Waals surface area contributed by atoms with Gasteiger partial charge in [0.1, 0.15) is 5.75 Å². The highest BCUT2D eigenvalue weighted by molar-refractivity contribution is 5.97. The summed E-state index contributed by atoms with van der Waals surface area (Å²) in [6.45, 7) is 5.51. The summed E-state index contributed by atoms with van der Waals surface area (Å²) in [5, 5.41) is 0. The van der Waals surface area contributed by atoms with E-state index in [0.29, 0.717) is 25.8 Å². The molecule has 2 fully saturated rings. The second-order valence-electron chi connectivity index (χ2n) is 6.67. The van der Waals surface area contributed by atoms with Crippen LogP contribution in [0.3, 0.4) is 0 Å². The van der Waals surface area contributed by atoms with Crippen LogP contribution in [0.5, 0.6) is 5.75 Å². The Morgan fingerprint density at radius 2 is 1.54 bits per heavy atom. The van der Waals surface area contributed by atoms with Crippen LogP contribution < -0.4 is 9.64 Å². The molecule has 7 heteroatoms. The Bertz CT molecular complexity index is 585. The summed E-state index contributed by atoms with van der Waals surface area (Å²) in [6, 6.07) is 8.19. The van der Waals surface area contributed by atoms with E-state index in [2.05, 4.69) is 21.9 Å². The van der Waals surface area contributed by atoms with Crippen molar-refractivity contribution >= 4 is 29.9 Å². The predicted octanol–water partition coefficient (Wildman–Crippen LogP) is 2.17. The number of imide groups is 1. The van der Waals surface area contributed by atoms with Gasteiger partial charge in [0.05, 0.1) is 7.11 Å². The van der Waals surface area contributed by atoms with E-state index in [4.69, 9.17) is 4.74 Å². The fourth-order valence-corrected chi connectivity index (χ4v) is 3.52. The number of piperazine rings is 1. The van der Waals surface area contributed by atoms with Gasteiger partial charge in [-0.3, -0.25) is 19.4 Å². The van der Waals surface area contributed by atoms with Crippen LogP contribution in [0.2, 0.25) is 0 Å². The number of rotatable bonds is 6. The van der Waals surface area contributed by atoms with Crippen LogP contribution in [0.4, 0.5) is 5.69 Å². The number of hydrogen-bond acceptors (Lipinski definition) is 5. The van der Waals surface area contributed by atoms with Gasteiger partial charge in [-0.25, -0.2) is 0 Å². The summed E-state index contributed by atoms with van der Waals surface area (Å²) >= 11 is 0. The highest BCUT2D eigenvalue weighted by Gasteiger charge is 2.25. The van der Waals surface area contributed by atoms with Crippen LogP contribution in [0.15, 0.2) is 24.3 Å². The van der Waals surface area contributed by atoms with Crippen LogP contribution in [-0.4, -0.2) is 68.0 Å². The number of methoxy groups -OCH3 is 1. The van der Waals surface area contributed by atoms with E-state index in [1.807, 2.05) is 12.1 Å². The van der Waals surface area contributed by atoms with E-state index in [9.17, 15) is 9.59 Å². The molecule has 2 saturated heterocycles. The molecule has 0 aromatic heterocycles. The first-order chi connectivity index (χ1) is 12.2. The minimum Gasteiger partial charge on any atom is -0.497 e. The summed E-state index contributed by atoms with van der Waals surface area (Å²) in [7, 11) is 1.68. The van der Waals surface area contributed by atoms with Gasteiger partial charge in [-0.2, -0.15) is 0 Å². The molecule has 2 amide bonds. The Labute approximate surface area is 161 Å². The fraction of sp³-hybridized carbons (Fsp3) is 0.579. The first kappa shape index (κ1) is 20.5. The van der Waals surface area contributed by atoms with Gasteiger partial charge in [0, 0.05) is 51.3 Å². The summed E-state index contributed by atoms with van der Waals surface area (Å²) in [5.41, 5.74) is 1.23. The molecule has 0 radical (unpaired) electrons. The quantitative estimate of drug-likeness (QED) is 0.707. The van der Waals surface area contributed by atoms with Crippen molar-refractivity contribution in [1.82, 2.24) is 9.80 Å². The lowest BCUT2D eigenvalue weighted by Crippen LogP contribution is -2.47. The zero-order chi connectivity index (χ0) is 17.6. The van der Waals surface area contributed by atoms with Gasteiger partial charge in [0.2, 0.25) is 11.8 Å². The van der Waals surface area contributed by atoms with Crippen molar-refractivity contribution in [3.63, 3.8) is 0 Å². The minimum atomic E-state index is 0. The molecule has 0 spiro atoms. The van der Waals surface area contributed by atoms with E-state index in [1.54, 1.807) is 7.11 Å². The third-order valence-corrected chi connectivity index (χ3v) is 5.05. The molecule has 26 heavy (non-hydrogen) atoms. The number of benzene rings is 1. The Morgan fingerprint density at radius 3 is 2.12 bits per heavy atom. The monoisotopic (exact) mass is 381 g/mol. The van der Waals surface area contributed by atoms with Crippen LogP contribution in [0.25, 0.3) is 0 Å².